The van der Waals surface area contributed by atoms with E-state index in [-0.39, 0.29) is 12.0 Å². The third-order valence-electron chi connectivity index (χ3n) is 6.83. The van der Waals surface area contributed by atoms with Crippen LogP contribution in [0.2, 0.25) is 10.0 Å². The van der Waals surface area contributed by atoms with E-state index < -0.39 is 0 Å². The van der Waals surface area contributed by atoms with Crippen LogP contribution in [0.1, 0.15) is 52.7 Å². The van der Waals surface area contributed by atoms with Crippen LogP contribution >= 0.6 is 23.2 Å². The second kappa shape index (κ2) is 6.42. The van der Waals surface area contributed by atoms with Crippen LogP contribution in [-0.2, 0) is 4.74 Å². The number of fused-ring (bicyclic) bond motifs is 7. The molecule has 2 aromatic rings. The van der Waals surface area contributed by atoms with Crippen LogP contribution in [0, 0.1) is 17.8 Å². The fourth-order valence-corrected chi connectivity index (χ4v) is 6.29. The van der Waals surface area contributed by atoms with Gasteiger partial charge in [0.05, 0.1) is 29.4 Å². The van der Waals surface area contributed by atoms with E-state index in [1.54, 1.807) is 0 Å². The van der Waals surface area contributed by atoms with Gasteiger partial charge in [-0.3, -0.25) is 0 Å². The highest BCUT2D eigenvalue weighted by Gasteiger charge is 2.54. The summed E-state index contributed by atoms with van der Waals surface area (Å²) in [6.45, 7) is 0. The zero-order chi connectivity index (χ0) is 18.7. The molecule has 0 radical (unpaired) electrons. The van der Waals surface area contributed by atoms with Crippen LogP contribution < -0.4 is 5.32 Å². The Morgan fingerprint density at radius 2 is 1.74 bits per heavy atom. The van der Waals surface area contributed by atoms with E-state index in [0.717, 1.165) is 15.7 Å². The third-order valence-corrected chi connectivity index (χ3v) is 7.48. The molecular formula is C22H21Cl2NO2. The molecule has 0 aromatic heterocycles. The maximum Gasteiger partial charge on any atom is 0.337 e. The van der Waals surface area contributed by atoms with Crippen molar-refractivity contribution in [2.24, 2.45) is 17.8 Å². The number of nitrogens with one attached hydrogen (secondary N) is 1. The van der Waals surface area contributed by atoms with E-state index in [9.17, 15) is 4.79 Å². The summed E-state index contributed by atoms with van der Waals surface area (Å²) < 4.78 is 4.82. The molecule has 5 rings (SSSR count). The van der Waals surface area contributed by atoms with Gasteiger partial charge in [-0.05, 0) is 78.3 Å². The molecular weight excluding hydrogens is 381 g/mol. The largest absolute Gasteiger partial charge is 0.465 e. The Hall–Kier alpha value is -1.71. The highest BCUT2D eigenvalue weighted by molar-refractivity contribution is 6.36. The number of esters is 1. The molecule has 0 amide bonds. The van der Waals surface area contributed by atoms with Crippen molar-refractivity contribution in [1.29, 1.82) is 0 Å². The van der Waals surface area contributed by atoms with Gasteiger partial charge in [-0.2, -0.15) is 0 Å². The molecule has 2 bridgehead atoms. The highest BCUT2D eigenvalue weighted by Crippen LogP contribution is 2.65. The Labute approximate surface area is 169 Å². The standard InChI is InChI=1S/C22H21Cl2NO2/c1-27-22(26)12-4-2-11(3-5-12)20-18-14-7-6-13(10-14)17(18)19-15(23)8-9-16(24)21(19)25-20/h2-5,8-9,13-14,17-18,20,25H,6-7,10H2,1H3/t13-,14-,17-,18-,20-/m0/s1. The number of rotatable bonds is 2. The fourth-order valence-electron chi connectivity index (χ4n) is 5.79. The number of carbonyl (C=O) groups is 1. The molecule has 1 N–H and O–H groups in total. The molecule has 0 unspecified atom stereocenters. The minimum absolute atomic E-state index is 0.181. The van der Waals surface area contributed by atoms with Crippen LogP contribution in [0.3, 0.4) is 0 Å². The lowest BCUT2D eigenvalue weighted by atomic mass is 9.68. The van der Waals surface area contributed by atoms with E-state index in [4.69, 9.17) is 27.9 Å². The van der Waals surface area contributed by atoms with E-state index in [1.165, 1.54) is 37.5 Å². The van der Waals surface area contributed by atoms with E-state index in [2.05, 4.69) is 5.32 Å². The number of hydrogen-bond acceptors (Lipinski definition) is 3. The molecule has 3 aliphatic rings. The van der Waals surface area contributed by atoms with Crippen LogP contribution in [0.25, 0.3) is 0 Å². The molecule has 2 fully saturated rings. The average molecular weight is 402 g/mol. The molecule has 1 aliphatic heterocycles. The summed E-state index contributed by atoms with van der Waals surface area (Å²) in [6, 6.07) is 11.8. The fraction of sp³-hybridized carbons (Fsp3) is 0.409. The van der Waals surface area contributed by atoms with Crippen LogP contribution in [-0.4, -0.2) is 13.1 Å². The lowest BCUT2D eigenvalue weighted by Crippen LogP contribution is -2.35. The normalized spacial score (nSPS) is 30.4. The number of anilines is 1. The second-order valence-electron chi connectivity index (χ2n) is 7.99. The van der Waals surface area contributed by atoms with Gasteiger partial charge in [0.15, 0.2) is 0 Å². The predicted octanol–water partition coefficient (Wildman–Crippen LogP) is 6.08. The summed E-state index contributed by atoms with van der Waals surface area (Å²) in [5.74, 6) is 2.05. The van der Waals surface area contributed by atoms with Crippen molar-refractivity contribution >= 4 is 34.9 Å². The predicted molar refractivity (Wildman–Crippen MR) is 108 cm³/mol. The van der Waals surface area contributed by atoms with Crippen molar-refractivity contribution in [3.63, 3.8) is 0 Å². The number of methoxy groups -OCH3 is 1. The maximum atomic E-state index is 11.8. The minimum atomic E-state index is -0.309. The SMILES string of the molecule is COC(=O)c1ccc([C@@H]2Nc3c(Cl)ccc(Cl)c3[C@H]3[C@H]4CC[C@@H](C4)[C@@H]32)cc1. The molecule has 2 aromatic carbocycles. The molecule has 27 heavy (non-hydrogen) atoms. The van der Waals surface area contributed by atoms with Gasteiger partial charge in [0.2, 0.25) is 0 Å². The zero-order valence-corrected chi connectivity index (χ0v) is 16.6. The molecule has 1 heterocycles. The Bertz CT molecular complexity index is 911. The molecule has 3 nitrogen and oxygen atoms in total. The quantitative estimate of drug-likeness (QED) is 0.619. The Kier molecular flexibility index (Phi) is 4.14. The first kappa shape index (κ1) is 17.4. The van der Waals surface area contributed by atoms with Gasteiger partial charge in [0.25, 0.3) is 0 Å². The van der Waals surface area contributed by atoms with E-state index >= 15 is 0 Å². The summed E-state index contributed by atoms with van der Waals surface area (Å²) >= 11 is 13.2. The van der Waals surface area contributed by atoms with E-state index in [0.29, 0.717) is 29.2 Å². The zero-order valence-electron chi connectivity index (χ0n) is 15.0. The minimum Gasteiger partial charge on any atom is -0.465 e. The van der Waals surface area contributed by atoms with Crippen molar-refractivity contribution in [2.45, 2.75) is 31.2 Å². The smallest absolute Gasteiger partial charge is 0.337 e. The first-order valence-electron chi connectivity index (χ1n) is 9.51. The third kappa shape index (κ3) is 2.59. The van der Waals surface area contributed by atoms with Crippen molar-refractivity contribution in [3.8, 4) is 0 Å². The average Bonchev–Trinajstić information content (AvgIpc) is 3.32. The summed E-state index contributed by atoms with van der Waals surface area (Å²) in [4.78, 5) is 11.8. The molecule has 2 saturated carbocycles. The van der Waals surface area contributed by atoms with Crippen LogP contribution in [0.15, 0.2) is 36.4 Å². The summed E-state index contributed by atoms with van der Waals surface area (Å²) in [6.07, 6.45) is 3.84. The van der Waals surface area contributed by atoms with Crippen LogP contribution in [0.4, 0.5) is 5.69 Å². The van der Waals surface area contributed by atoms with Gasteiger partial charge >= 0.3 is 5.97 Å². The van der Waals surface area contributed by atoms with Crippen molar-refractivity contribution in [2.75, 3.05) is 12.4 Å². The van der Waals surface area contributed by atoms with Gasteiger partial charge in [-0.1, -0.05) is 35.3 Å². The van der Waals surface area contributed by atoms with Crippen molar-refractivity contribution < 1.29 is 9.53 Å². The van der Waals surface area contributed by atoms with Gasteiger partial charge in [0.1, 0.15) is 0 Å². The lowest BCUT2D eigenvalue weighted by molar-refractivity contribution is 0.0600. The lowest BCUT2D eigenvalue weighted by Gasteiger charge is -2.44. The van der Waals surface area contributed by atoms with Gasteiger partial charge in [-0.15, -0.1) is 0 Å². The molecule has 140 valence electrons. The molecule has 5 atom stereocenters. The number of ether oxygens (including phenoxy) is 1. The summed E-state index contributed by atoms with van der Waals surface area (Å²) in [7, 11) is 1.40. The Morgan fingerprint density at radius 3 is 2.48 bits per heavy atom. The first-order chi connectivity index (χ1) is 13.1. The molecule has 0 saturated heterocycles. The van der Waals surface area contributed by atoms with Crippen molar-refractivity contribution in [1.82, 2.24) is 0 Å². The second-order valence-corrected chi connectivity index (χ2v) is 8.80. The number of carbonyl (C=O) groups excluding carboxylic acids is 1. The van der Waals surface area contributed by atoms with Gasteiger partial charge < -0.3 is 10.1 Å². The van der Waals surface area contributed by atoms with Crippen molar-refractivity contribution in [3.05, 3.63) is 63.1 Å². The number of hydrogen-bond donors (Lipinski definition) is 1. The number of halogens is 2. The van der Waals surface area contributed by atoms with Crippen LogP contribution in [0.5, 0.6) is 0 Å². The monoisotopic (exact) mass is 401 g/mol. The Morgan fingerprint density at radius 1 is 1.04 bits per heavy atom. The number of benzene rings is 2. The maximum absolute atomic E-state index is 11.8. The topological polar surface area (TPSA) is 38.3 Å². The highest BCUT2D eigenvalue weighted by atomic mass is 35.5. The molecule has 0 spiro atoms. The first-order valence-corrected chi connectivity index (χ1v) is 10.3. The molecule has 2 aliphatic carbocycles. The Balaban J connectivity index is 1.59. The van der Waals surface area contributed by atoms with Gasteiger partial charge in [0, 0.05) is 5.02 Å². The molecule has 5 heteroatoms. The van der Waals surface area contributed by atoms with Gasteiger partial charge in [-0.25, -0.2) is 4.79 Å². The summed E-state index contributed by atoms with van der Waals surface area (Å²) in [5, 5.41) is 5.26. The van der Waals surface area contributed by atoms with E-state index in [1.807, 2.05) is 36.4 Å². The summed E-state index contributed by atoms with van der Waals surface area (Å²) in [5.41, 5.74) is 3.96.